The van der Waals surface area contributed by atoms with Crippen molar-refractivity contribution in [3.8, 4) is 5.75 Å². The lowest BCUT2D eigenvalue weighted by molar-refractivity contribution is 0.168. The summed E-state index contributed by atoms with van der Waals surface area (Å²) in [6.45, 7) is 0. The average molecular weight is 336 g/mol. The Morgan fingerprint density at radius 3 is 2.55 bits per heavy atom. The van der Waals surface area contributed by atoms with Crippen molar-refractivity contribution >= 4 is 21.6 Å². The van der Waals surface area contributed by atoms with Crippen LogP contribution in [0.5, 0.6) is 5.75 Å². The highest BCUT2D eigenvalue weighted by atomic mass is 79.9. The minimum Gasteiger partial charge on any atom is -0.497 e. The van der Waals surface area contributed by atoms with Gasteiger partial charge >= 0.3 is 0 Å². The molecular weight excluding hydrogens is 318 g/mol. The van der Waals surface area contributed by atoms with Crippen molar-refractivity contribution in [1.82, 2.24) is 0 Å². The summed E-state index contributed by atoms with van der Waals surface area (Å²) in [7, 11) is 1.65. The standard InChI is InChI=1S/C16H18BrNO2/c1-20-13-6-2-11(3-7-13)4-9-16(19)14-10-12(17)5-8-15(14)18/h2-3,5-8,10,16,19H,4,9,18H2,1H3. The van der Waals surface area contributed by atoms with E-state index in [1.807, 2.05) is 36.4 Å². The van der Waals surface area contributed by atoms with Gasteiger partial charge in [0.05, 0.1) is 13.2 Å². The highest BCUT2D eigenvalue weighted by Crippen LogP contribution is 2.27. The minimum atomic E-state index is -0.561. The number of aliphatic hydroxyl groups is 1. The summed E-state index contributed by atoms with van der Waals surface area (Å²) in [5, 5.41) is 10.3. The van der Waals surface area contributed by atoms with Crippen molar-refractivity contribution < 1.29 is 9.84 Å². The maximum Gasteiger partial charge on any atom is 0.118 e. The number of benzene rings is 2. The van der Waals surface area contributed by atoms with Gasteiger partial charge in [0.15, 0.2) is 0 Å². The third-order valence-electron chi connectivity index (χ3n) is 3.27. The number of aliphatic hydroxyl groups excluding tert-OH is 1. The van der Waals surface area contributed by atoms with Gasteiger partial charge in [0.2, 0.25) is 0 Å². The number of halogens is 1. The maximum absolute atomic E-state index is 10.3. The van der Waals surface area contributed by atoms with Crippen molar-refractivity contribution in [3.05, 3.63) is 58.1 Å². The zero-order valence-corrected chi connectivity index (χ0v) is 12.9. The number of hydrogen-bond donors (Lipinski definition) is 2. The van der Waals surface area contributed by atoms with Crippen LogP contribution in [0.1, 0.15) is 23.7 Å². The molecule has 0 saturated carbocycles. The fourth-order valence-corrected chi connectivity index (χ4v) is 2.46. The van der Waals surface area contributed by atoms with Gasteiger partial charge in [-0.25, -0.2) is 0 Å². The fourth-order valence-electron chi connectivity index (χ4n) is 2.09. The van der Waals surface area contributed by atoms with E-state index in [0.29, 0.717) is 12.1 Å². The van der Waals surface area contributed by atoms with Crippen LogP contribution in [0.25, 0.3) is 0 Å². The number of hydrogen-bond acceptors (Lipinski definition) is 3. The summed E-state index contributed by atoms with van der Waals surface area (Å²) in [5.74, 6) is 0.838. The number of nitrogen functional groups attached to an aromatic ring is 1. The Kier molecular flexibility index (Phi) is 5.04. The van der Waals surface area contributed by atoms with E-state index in [2.05, 4.69) is 15.9 Å². The highest BCUT2D eigenvalue weighted by molar-refractivity contribution is 9.10. The molecule has 0 aliphatic carbocycles. The zero-order chi connectivity index (χ0) is 14.5. The van der Waals surface area contributed by atoms with Crippen LogP contribution in [0.3, 0.4) is 0 Å². The molecule has 0 heterocycles. The number of aryl methyl sites for hydroxylation is 1. The second kappa shape index (κ2) is 6.77. The van der Waals surface area contributed by atoms with Crippen LogP contribution >= 0.6 is 15.9 Å². The van der Waals surface area contributed by atoms with E-state index in [0.717, 1.165) is 22.2 Å². The molecule has 0 aromatic heterocycles. The van der Waals surface area contributed by atoms with Gasteiger partial charge in [0.1, 0.15) is 5.75 Å². The molecule has 0 bridgehead atoms. The Morgan fingerprint density at radius 2 is 1.90 bits per heavy atom. The Balaban J connectivity index is 2.00. The van der Waals surface area contributed by atoms with E-state index >= 15 is 0 Å². The summed E-state index contributed by atoms with van der Waals surface area (Å²) in [6.07, 6.45) is 0.860. The second-order valence-electron chi connectivity index (χ2n) is 4.68. The molecular formula is C16H18BrNO2. The first-order valence-electron chi connectivity index (χ1n) is 6.46. The molecule has 1 unspecified atom stereocenters. The molecule has 0 saturated heterocycles. The molecule has 1 atom stereocenters. The Labute approximate surface area is 127 Å². The Morgan fingerprint density at radius 1 is 1.20 bits per heavy atom. The van der Waals surface area contributed by atoms with Crippen LogP contribution in [-0.2, 0) is 6.42 Å². The molecule has 2 rings (SSSR count). The minimum absolute atomic E-state index is 0.561. The van der Waals surface area contributed by atoms with Gasteiger partial charge in [-0.15, -0.1) is 0 Å². The van der Waals surface area contributed by atoms with E-state index in [4.69, 9.17) is 10.5 Å². The van der Waals surface area contributed by atoms with Crippen LogP contribution in [0.2, 0.25) is 0 Å². The van der Waals surface area contributed by atoms with Gasteiger partial charge < -0.3 is 15.6 Å². The Hall–Kier alpha value is -1.52. The lowest BCUT2D eigenvalue weighted by Gasteiger charge is -2.14. The summed E-state index contributed by atoms with van der Waals surface area (Å²) in [6, 6.07) is 13.4. The lowest BCUT2D eigenvalue weighted by Crippen LogP contribution is -2.03. The van der Waals surface area contributed by atoms with Gasteiger partial charge in [0.25, 0.3) is 0 Å². The topological polar surface area (TPSA) is 55.5 Å². The van der Waals surface area contributed by atoms with Crippen LogP contribution < -0.4 is 10.5 Å². The van der Waals surface area contributed by atoms with Crippen molar-refractivity contribution in [2.45, 2.75) is 18.9 Å². The SMILES string of the molecule is COc1ccc(CCC(O)c2cc(Br)ccc2N)cc1. The molecule has 2 aromatic carbocycles. The Bertz CT molecular complexity index is 569. The first-order chi connectivity index (χ1) is 9.60. The van der Waals surface area contributed by atoms with Crippen LogP contribution in [0, 0.1) is 0 Å². The van der Waals surface area contributed by atoms with Gasteiger partial charge in [-0.1, -0.05) is 28.1 Å². The molecule has 0 fully saturated rings. The lowest BCUT2D eigenvalue weighted by atomic mass is 10.00. The van der Waals surface area contributed by atoms with Crippen LogP contribution in [-0.4, -0.2) is 12.2 Å². The molecule has 2 aromatic rings. The van der Waals surface area contributed by atoms with Crippen molar-refractivity contribution in [1.29, 1.82) is 0 Å². The molecule has 106 valence electrons. The molecule has 0 aliphatic rings. The molecule has 4 heteroatoms. The fraction of sp³-hybridized carbons (Fsp3) is 0.250. The van der Waals surface area contributed by atoms with Gasteiger partial charge in [-0.3, -0.25) is 0 Å². The van der Waals surface area contributed by atoms with Crippen LogP contribution in [0.4, 0.5) is 5.69 Å². The van der Waals surface area contributed by atoms with Crippen molar-refractivity contribution in [3.63, 3.8) is 0 Å². The number of nitrogens with two attached hydrogens (primary N) is 1. The predicted octanol–water partition coefficient (Wildman–Crippen LogP) is 3.71. The zero-order valence-electron chi connectivity index (χ0n) is 11.3. The molecule has 3 nitrogen and oxygen atoms in total. The normalized spacial score (nSPS) is 12.2. The number of anilines is 1. The largest absolute Gasteiger partial charge is 0.497 e. The average Bonchev–Trinajstić information content (AvgIpc) is 2.47. The van der Waals surface area contributed by atoms with Gasteiger partial charge in [-0.2, -0.15) is 0 Å². The molecule has 0 amide bonds. The van der Waals surface area contributed by atoms with E-state index in [1.54, 1.807) is 13.2 Å². The van der Waals surface area contributed by atoms with Crippen molar-refractivity contribution in [2.75, 3.05) is 12.8 Å². The maximum atomic E-state index is 10.3. The molecule has 0 aliphatic heterocycles. The summed E-state index contributed by atoms with van der Waals surface area (Å²) < 4.78 is 6.04. The van der Waals surface area contributed by atoms with Crippen LogP contribution in [0.15, 0.2) is 46.9 Å². The smallest absolute Gasteiger partial charge is 0.118 e. The van der Waals surface area contributed by atoms with E-state index < -0.39 is 6.10 Å². The van der Waals surface area contributed by atoms with Crippen molar-refractivity contribution in [2.24, 2.45) is 0 Å². The number of methoxy groups -OCH3 is 1. The molecule has 0 spiro atoms. The summed E-state index contributed by atoms with van der Waals surface area (Å²) in [5.41, 5.74) is 8.46. The predicted molar refractivity (Wildman–Crippen MR) is 84.8 cm³/mol. The number of ether oxygens (including phenoxy) is 1. The molecule has 3 N–H and O–H groups in total. The van der Waals surface area contributed by atoms with Gasteiger partial charge in [-0.05, 0) is 48.7 Å². The van der Waals surface area contributed by atoms with Gasteiger partial charge in [0, 0.05) is 15.7 Å². The first-order valence-corrected chi connectivity index (χ1v) is 7.25. The van der Waals surface area contributed by atoms with E-state index in [9.17, 15) is 5.11 Å². The monoisotopic (exact) mass is 335 g/mol. The first kappa shape index (κ1) is 14.9. The molecule has 0 radical (unpaired) electrons. The highest BCUT2D eigenvalue weighted by Gasteiger charge is 2.11. The second-order valence-corrected chi connectivity index (χ2v) is 5.59. The van der Waals surface area contributed by atoms with E-state index in [1.165, 1.54) is 5.56 Å². The third-order valence-corrected chi connectivity index (χ3v) is 3.77. The third kappa shape index (κ3) is 3.74. The summed E-state index contributed by atoms with van der Waals surface area (Å²) in [4.78, 5) is 0. The molecule has 20 heavy (non-hydrogen) atoms. The summed E-state index contributed by atoms with van der Waals surface area (Å²) >= 11 is 3.40. The number of rotatable bonds is 5. The van der Waals surface area contributed by atoms with E-state index in [-0.39, 0.29) is 0 Å². The quantitative estimate of drug-likeness (QED) is 0.819.